The minimum Gasteiger partial charge on any atom is -0.299 e. The maximum absolute atomic E-state index is 12.4. The average molecular weight is 317 g/mol. The van der Waals surface area contributed by atoms with Gasteiger partial charge in [0.25, 0.3) is 0 Å². The van der Waals surface area contributed by atoms with Gasteiger partial charge >= 0.3 is 0 Å². The highest BCUT2D eigenvalue weighted by molar-refractivity contribution is 5.83. The predicted octanol–water partition coefficient (Wildman–Crippen LogP) is 6.02. The van der Waals surface area contributed by atoms with Crippen LogP contribution in [0.4, 0.5) is 0 Å². The van der Waals surface area contributed by atoms with Crippen molar-refractivity contribution in [1.82, 2.24) is 0 Å². The molecule has 0 amide bonds. The molecule has 0 N–H and O–H groups in total. The Morgan fingerprint density at radius 3 is 2.74 bits per heavy atom. The van der Waals surface area contributed by atoms with Crippen LogP contribution in [0.25, 0.3) is 0 Å². The van der Waals surface area contributed by atoms with Crippen LogP contribution in [0, 0.1) is 40.4 Å². The zero-order valence-electron chi connectivity index (χ0n) is 16.0. The number of Topliss-reactive ketones (excluding diaryl/α,β-unsaturated/α-hetero) is 1. The molecule has 4 atom stereocenters. The number of fused-ring (bicyclic) bond motifs is 1. The van der Waals surface area contributed by atoms with Gasteiger partial charge in [-0.1, -0.05) is 40.5 Å². The van der Waals surface area contributed by atoms with Gasteiger partial charge in [-0.15, -0.1) is 11.8 Å². The fraction of sp³-hybridized carbons (Fsp3) is 0.864. The molecule has 0 aromatic heterocycles. The van der Waals surface area contributed by atoms with Gasteiger partial charge in [-0.3, -0.25) is 4.79 Å². The third kappa shape index (κ3) is 3.84. The topological polar surface area (TPSA) is 17.1 Å². The van der Waals surface area contributed by atoms with E-state index in [0.29, 0.717) is 17.6 Å². The summed E-state index contributed by atoms with van der Waals surface area (Å²) in [5.41, 5.74) is 0.510. The number of carbonyl (C=O) groups excluding carboxylic acids is 1. The first-order chi connectivity index (χ1) is 10.8. The Kier molecular flexibility index (Phi) is 5.99. The molecule has 0 saturated heterocycles. The molecule has 130 valence electrons. The molecule has 2 fully saturated rings. The SMILES string of the molecule is CC#CC[C@](C)(CCCC(C)C)[C@H]1CCC2C(=O)CCC[C@@]21C. The standard InChI is InChI=1S/C22H36O/c1-6-7-14-21(4,15-8-10-17(2)3)20-13-12-18-19(23)11-9-16-22(18,20)5/h17-18,20H,8-16H2,1-5H3/t18?,20-,21-,22+/m1/s1. The summed E-state index contributed by atoms with van der Waals surface area (Å²) >= 11 is 0. The number of rotatable bonds is 6. The second-order valence-corrected chi connectivity index (χ2v) is 9.05. The van der Waals surface area contributed by atoms with Gasteiger partial charge in [0.05, 0.1) is 0 Å². The Hall–Kier alpha value is -0.770. The minimum atomic E-state index is 0.233. The van der Waals surface area contributed by atoms with E-state index < -0.39 is 0 Å². The molecule has 0 aromatic rings. The summed E-state index contributed by atoms with van der Waals surface area (Å²) in [6.45, 7) is 11.5. The Morgan fingerprint density at radius 1 is 1.35 bits per heavy atom. The van der Waals surface area contributed by atoms with E-state index in [4.69, 9.17) is 0 Å². The lowest BCUT2D eigenvalue weighted by atomic mass is 9.56. The van der Waals surface area contributed by atoms with Crippen LogP contribution in [0.15, 0.2) is 0 Å². The summed E-state index contributed by atoms with van der Waals surface area (Å²) in [4.78, 5) is 12.4. The van der Waals surface area contributed by atoms with Crippen molar-refractivity contribution in [3.8, 4) is 11.8 Å². The van der Waals surface area contributed by atoms with Crippen molar-refractivity contribution in [2.24, 2.45) is 28.6 Å². The summed E-state index contributed by atoms with van der Waals surface area (Å²) in [5, 5.41) is 0. The maximum atomic E-state index is 12.4. The van der Waals surface area contributed by atoms with Gasteiger partial charge in [0.1, 0.15) is 5.78 Å². The third-order valence-corrected chi connectivity index (χ3v) is 6.90. The van der Waals surface area contributed by atoms with Crippen LogP contribution >= 0.6 is 0 Å². The van der Waals surface area contributed by atoms with Gasteiger partial charge < -0.3 is 0 Å². The van der Waals surface area contributed by atoms with Gasteiger partial charge in [-0.05, 0) is 61.7 Å². The van der Waals surface area contributed by atoms with E-state index in [1.54, 1.807) is 0 Å². The van der Waals surface area contributed by atoms with Crippen LogP contribution in [0.3, 0.4) is 0 Å². The highest BCUT2D eigenvalue weighted by atomic mass is 16.1. The van der Waals surface area contributed by atoms with Gasteiger partial charge in [0.15, 0.2) is 0 Å². The highest BCUT2D eigenvalue weighted by Crippen LogP contribution is 2.61. The largest absolute Gasteiger partial charge is 0.299 e. The molecule has 1 nitrogen and oxygen atoms in total. The van der Waals surface area contributed by atoms with Crippen molar-refractivity contribution < 1.29 is 4.79 Å². The normalized spacial score (nSPS) is 33.0. The number of carbonyl (C=O) groups is 1. The molecule has 2 saturated carbocycles. The molecule has 0 aliphatic heterocycles. The number of ketones is 1. The third-order valence-electron chi connectivity index (χ3n) is 6.90. The zero-order chi connectivity index (χ0) is 17.1. The fourth-order valence-corrected chi connectivity index (χ4v) is 5.67. The molecular formula is C22H36O. The number of hydrogen-bond donors (Lipinski definition) is 0. The Balaban J connectivity index is 2.20. The Labute approximate surface area is 144 Å². The number of hydrogen-bond acceptors (Lipinski definition) is 1. The first-order valence-electron chi connectivity index (χ1n) is 9.76. The van der Waals surface area contributed by atoms with Crippen LogP contribution in [-0.2, 0) is 4.79 Å². The Morgan fingerprint density at radius 2 is 2.09 bits per heavy atom. The molecule has 23 heavy (non-hydrogen) atoms. The minimum absolute atomic E-state index is 0.233. The molecule has 0 spiro atoms. The first-order valence-corrected chi connectivity index (χ1v) is 9.76. The zero-order valence-corrected chi connectivity index (χ0v) is 16.0. The van der Waals surface area contributed by atoms with Crippen molar-refractivity contribution in [2.75, 3.05) is 0 Å². The molecule has 2 aliphatic rings. The van der Waals surface area contributed by atoms with E-state index in [2.05, 4.69) is 39.5 Å². The van der Waals surface area contributed by atoms with E-state index in [1.165, 1.54) is 32.1 Å². The molecule has 2 rings (SSSR count). The van der Waals surface area contributed by atoms with Gasteiger partial charge in [-0.2, -0.15) is 0 Å². The first kappa shape index (κ1) is 18.6. The maximum Gasteiger partial charge on any atom is 0.136 e. The molecule has 1 unspecified atom stereocenters. The summed E-state index contributed by atoms with van der Waals surface area (Å²) in [6.07, 6.45) is 10.4. The van der Waals surface area contributed by atoms with E-state index in [9.17, 15) is 4.79 Å². The molecule has 0 bridgehead atoms. The molecule has 0 heterocycles. The van der Waals surface area contributed by atoms with Crippen molar-refractivity contribution in [3.05, 3.63) is 0 Å². The fourth-order valence-electron chi connectivity index (χ4n) is 5.67. The molecular weight excluding hydrogens is 280 g/mol. The van der Waals surface area contributed by atoms with Crippen molar-refractivity contribution in [3.63, 3.8) is 0 Å². The lowest BCUT2D eigenvalue weighted by Gasteiger charge is -2.48. The van der Waals surface area contributed by atoms with Crippen LogP contribution in [-0.4, -0.2) is 5.78 Å². The summed E-state index contributed by atoms with van der Waals surface area (Å²) in [6, 6.07) is 0. The monoisotopic (exact) mass is 316 g/mol. The summed E-state index contributed by atoms with van der Waals surface area (Å²) < 4.78 is 0. The van der Waals surface area contributed by atoms with Gasteiger partial charge in [0, 0.05) is 18.8 Å². The van der Waals surface area contributed by atoms with Gasteiger partial charge in [-0.25, -0.2) is 0 Å². The van der Waals surface area contributed by atoms with Crippen LogP contribution in [0.1, 0.15) is 92.4 Å². The van der Waals surface area contributed by atoms with Crippen LogP contribution < -0.4 is 0 Å². The predicted molar refractivity (Wildman–Crippen MR) is 98.0 cm³/mol. The van der Waals surface area contributed by atoms with Crippen LogP contribution in [0.5, 0.6) is 0 Å². The molecule has 1 heteroatoms. The highest BCUT2D eigenvalue weighted by Gasteiger charge is 2.56. The smallest absolute Gasteiger partial charge is 0.136 e. The van der Waals surface area contributed by atoms with E-state index in [0.717, 1.165) is 31.6 Å². The van der Waals surface area contributed by atoms with Crippen LogP contribution in [0.2, 0.25) is 0 Å². The Bertz CT molecular complexity index is 480. The second-order valence-electron chi connectivity index (χ2n) is 9.05. The van der Waals surface area contributed by atoms with E-state index >= 15 is 0 Å². The lowest BCUT2D eigenvalue weighted by molar-refractivity contribution is -0.131. The van der Waals surface area contributed by atoms with Crippen molar-refractivity contribution >= 4 is 5.78 Å². The van der Waals surface area contributed by atoms with E-state index in [-0.39, 0.29) is 10.8 Å². The second kappa shape index (κ2) is 7.42. The molecule has 0 radical (unpaired) electrons. The molecule has 2 aliphatic carbocycles. The van der Waals surface area contributed by atoms with Crippen molar-refractivity contribution in [2.45, 2.75) is 92.4 Å². The lowest BCUT2D eigenvalue weighted by Crippen LogP contribution is -2.43. The molecule has 0 aromatic carbocycles. The van der Waals surface area contributed by atoms with Crippen molar-refractivity contribution in [1.29, 1.82) is 0 Å². The van der Waals surface area contributed by atoms with Gasteiger partial charge in [0.2, 0.25) is 0 Å². The quantitative estimate of drug-likeness (QED) is 0.548. The van der Waals surface area contributed by atoms with E-state index in [1.807, 2.05) is 6.92 Å². The summed E-state index contributed by atoms with van der Waals surface area (Å²) in [7, 11) is 0. The average Bonchev–Trinajstić information content (AvgIpc) is 2.84. The summed E-state index contributed by atoms with van der Waals surface area (Å²) in [5.74, 6) is 8.84.